The quantitative estimate of drug-likeness (QED) is 0.840. The van der Waals surface area contributed by atoms with Gasteiger partial charge in [-0.25, -0.2) is 9.97 Å². The molecule has 0 N–H and O–H groups in total. The Morgan fingerprint density at radius 2 is 2.17 bits per heavy atom. The average molecular weight is 331 g/mol. The van der Waals surface area contributed by atoms with Crippen molar-refractivity contribution >= 4 is 11.7 Å². The van der Waals surface area contributed by atoms with Crippen molar-refractivity contribution in [2.24, 2.45) is 0 Å². The average Bonchev–Trinajstić information content (AvgIpc) is 3.01. The van der Waals surface area contributed by atoms with Crippen molar-refractivity contribution < 1.29 is 14.1 Å². The number of amides is 1. The van der Waals surface area contributed by atoms with E-state index in [-0.39, 0.29) is 12.0 Å². The number of carbonyl (C=O) groups excluding carboxylic acids is 1. The summed E-state index contributed by atoms with van der Waals surface area (Å²) < 4.78 is 11.0. The minimum Gasteiger partial charge on any atom is -0.470 e. The summed E-state index contributed by atoms with van der Waals surface area (Å²) in [4.78, 5) is 24.8. The van der Waals surface area contributed by atoms with Crippen molar-refractivity contribution in [3.63, 3.8) is 0 Å². The number of nitrogens with zero attached hydrogens (tertiary/aromatic N) is 5. The Labute approximate surface area is 140 Å². The van der Waals surface area contributed by atoms with E-state index in [1.807, 2.05) is 19.0 Å². The van der Waals surface area contributed by atoms with Gasteiger partial charge in [0.05, 0.1) is 12.7 Å². The van der Waals surface area contributed by atoms with Gasteiger partial charge in [0.1, 0.15) is 17.4 Å². The maximum atomic E-state index is 12.6. The number of hydrogen-bond donors (Lipinski definition) is 0. The summed E-state index contributed by atoms with van der Waals surface area (Å²) in [6, 6.07) is 0. The van der Waals surface area contributed by atoms with Gasteiger partial charge in [-0.1, -0.05) is 5.16 Å². The molecule has 2 aromatic rings. The number of ether oxygens (including phenoxy) is 1. The summed E-state index contributed by atoms with van der Waals surface area (Å²) in [6.45, 7) is 2.94. The Morgan fingerprint density at radius 3 is 2.88 bits per heavy atom. The molecule has 128 valence electrons. The molecule has 1 aliphatic rings. The van der Waals surface area contributed by atoms with Gasteiger partial charge in [0.25, 0.3) is 11.8 Å². The molecule has 0 aromatic carbocycles. The largest absolute Gasteiger partial charge is 0.470 e. The van der Waals surface area contributed by atoms with Crippen LogP contribution in [0.5, 0.6) is 5.88 Å². The molecule has 24 heavy (non-hydrogen) atoms. The summed E-state index contributed by atoms with van der Waals surface area (Å²) >= 11 is 0. The lowest BCUT2D eigenvalue weighted by Gasteiger charge is -2.32. The summed E-state index contributed by atoms with van der Waals surface area (Å²) in [5.74, 6) is 1.62. The lowest BCUT2D eigenvalue weighted by Crippen LogP contribution is -2.44. The molecule has 0 spiro atoms. The second kappa shape index (κ2) is 6.86. The van der Waals surface area contributed by atoms with Crippen LogP contribution < -0.4 is 9.64 Å². The number of aromatic nitrogens is 3. The second-order valence-electron chi connectivity index (χ2n) is 6.01. The molecule has 1 saturated heterocycles. The molecule has 1 atom stereocenters. The smallest absolute Gasteiger partial charge is 0.259 e. The molecule has 3 rings (SSSR count). The predicted octanol–water partition coefficient (Wildman–Crippen LogP) is 1.52. The molecule has 0 aliphatic carbocycles. The third-order valence-corrected chi connectivity index (χ3v) is 3.99. The zero-order chi connectivity index (χ0) is 17.1. The van der Waals surface area contributed by atoms with Crippen LogP contribution in [0.15, 0.2) is 23.1 Å². The molecule has 8 heteroatoms. The van der Waals surface area contributed by atoms with E-state index in [4.69, 9.17) is 9.26 Å². The molecular weight excluding hydrogens is 310 g/mol. The first-order valence-electron chi connectivity index (χ1n) is 7.92. The standard InChI is InChI=1S/C16H21N5O3/c1-11-13(9-19-24-11)16(22)21-8-4-5-12(10-21)23-15-14(20(2)3)17-6-7-18-15/h6-7,9,12H,4-5,8,10H2,1-3H3. The highest BCUT2D eigenvalue weighted by molar-refractivity contribution is 5.94. The summed E-state index contributed by atoms with van der Waals surface area (Å²) in [6.07, 6.45) is 6.34. The Hall–Kier alpha value is -2.64. The fourth-order valence-corrected chi connectivity index (χ4v) is 2.76. The molecule has 3 heterocycles. The van der Waals surface area contributed by atoms with E-state index in [0.29, 0.717) is 36.1 Å². The van der Waals surface area contributed by atoms with Crippen molar-refractivity contribution in [3.05, 3.63) is 29.9 Å². The maximum absolute atomic E-state index is 12.6. The first kappa shape index (κ1) is 16.2. The van der Waals surface area contributed by atoms with E-state index >= 15 is 0 Å². The van der Waals surface area contributed by atoms with Crippen molar-refractivity contribution in [2.75, 3.05) is 32.1 Å². The number of hydrogen-bond acceptors (Lipinski definition) is 7. The molecule has 1 amide bonds. The van der Waals surface area contributed by atoms with Gasteiger partial charge in [0, 0.05) is 33.0 Å². The third-order valence-electron chi connectivity index (χ3n) is 3.99. The van der Waals surface area contributed by atoms with Gasteiger partial charge in [-0.05, 0) is 19.8 Å². The van der Waals surface area contributed by atoms with E-state index in [2.05, 4.69) is 15.1 Å². The van der Waals surface area contributed by atoms with Crippen molar-refractivity contribution in [3.8, 4) is 5.88 Å². The number of rotatable bonds is 4. The molecular formula is C16H21N5O3. The number of anilines is 1. The van der Waals surface area contributed by atoms with Crippen molar-refractivity contribution in [1.29, 1.82) is 0 Å². The van der Waals surface area contributed by atoms with Gasteiger partial charge in [-0.3, -0.25) is 4.79 Å². The molecule has 1 fully saturated rings. The van der Waals surface area contributed by atoms with Gasteiger partial charge < -0.3 is 19.1 Å². The van der Waals surface area contributed by atoms with Gasteiger partial charge in [0.2, 0.25) is 0 Å². The highest BCUT2D eigenvalue weighted by atomic mass is 16.5. The van der Waals surface area contributed by atoms with E-state index in [1.165, 1.54) is 6.20 Å². The van der Waals surface area contributed by atoms with Gasteiger partial charge in [-0.2, -0.15) is 0 Å². The zero-order valence-corrected chi connectivity index (χ0v) is 14.1. The van der Waals surface area contributed by atoms with E-state index < -0.39 is 0 Å². The van der Waals surface area contributed by atoms with E-state index in [0.717, 1.165) is 12.8 Å². The number of aryl methyl sites for hydroxylation is 1. The lowest BCUT2D eigenvalue weighted by molar-refractivity contribution is 0.0526. The Morgan fingerprint density at radius 1 is 1.38 bits per heavy atom. The van der Waals surface area contributed by atoms with Crippen molar-refractivity contribution in [1.82, 2.24) is 20.0 Å². The topological polar surface area (TPSA) is 84.6 Å². The molecule has 2 aromatic heterocycles. The fraction of sp³-hybridized carbons (Fsp3) is 0.500. The Balaban J connectivity index is 1.70. The van der Waals surface area contributed by atoms with Crippen LogP contribution in [0.4, 0.5) is 5.82 Å². The minimum atomic E-state index is -0.113. The molecule has 0 bridgehead atoms. The molecule has 0 saturated carbocycles. The Bertz CT molecular complexity index is 715. The van der Waals surface area contributed by atoms with Crippen molar-refractivity contribution in [2.45, 2.75) is 25.9 Å². The molecule has 8 nitrogen and oxygen atoms in total. The lowest BCUT2D eigenvalue weighted by atomic mass is 10.1. The maximum Gasteiger partial charge on any atom is 0.259 e. The van der Waals surface area contributed by atoms with Crippen LogP contribution in [0.25, 0.3) is 0 Å². The van der Waals surface area contributed by atoms with Gasteiger partial charge in [-0.15, -0.1) is 0 Å². The number of carbonyl (C=O) groups is 1. The summed E-state index contributed by atoms with van der Waals surface area (Å²) in [5.41, 5.74) is 0.504. The number of piperidine rings is 1. The fourth-order valence-electron chi connectivity index (χ4n) is 2.76. The SMILES string of the molecule is Cc1oncc1C(=O)N1CCCC(Oc2nccnc2N(C)C)C1. The Kier molecular flexibility index (Phi) is 4.64. The monoisotopic (exact) mass is 331 g/mol. The van der Waals surface area contributed by atoms with E-state index in [1.54, 1.807) is 24.2 Å². The number of likely N-dealkylation sites (tertiary alicyclic amines) is 1. The highest BCUT2D eigenvalue weighted by Crippen LogP contribution is 2.24. The molecule has 1 unspecified atom stereocenters. The predicted molar refractivity (Wildman–Crippen MR) is 87.2 cm³/mol. The van der Waals surface area contributed by atoms with Crippen LogP contribution in [0.3, 0.4) is 0 Å². The van der Waals surface area contributed by atoms with Crippen LogP contribution in [0.1, 0.15) is 29.0 Å². The highest BCUT2D eigenvalue weighted by Gasteiger charge is 2.28. The first-order valence-corrected chi connectivity index (χ1v) is 7.92. The van der Waals surface area contributed by atoms with E-state index in [9.17, 15) is 4.79 Å². The van der Waals surface area contributed by atoms with Crippen LogP contribution in [-0.4, -0.2) is 59.2 Å². The van der Waals surface area contributed by atoms with Crippen LogP contribution in [-0.2, 0) is 0 Å². The normalized spacial score (nSPS) is 17.6. The van der Waals surface area contributed by atoms with Crippen LogP contribution in [0.2, 0.25) is 0 Å². The zero-order valence-electron chi connectivity index (χ0n) is 14.1. The van der Waals surface area contributed by atoms with Gasteiger partial charge >= 0.3 is 0 Å². The second-order valence-corrected chi connectivity index (χ2v) is 6.01. The van der Waals surface area contributed by atoms with Crippen LogP contribution >= 0.6 is 0 Å². The van der Waals surface area contributed by atoms with Gasteiger partial charge in [0.15, 0.2) is 5.82 Å². The summed E-state index contributed by atoms with van der Waals surface area (Å²) in [7, 11) is 3.78. The first-order chi connectivity index (χ1) is 11.6. The van der Waals surface area contributed by atoms with Crippen LogP contribution in [0, 0.1) is 6.92 Å². The molecule has 1 aliphatic heterocycles. The minimum absolute atomic E-state index is 0.0750. The third kappa shape index (κ3) is 3.32. The summed E-state index contributed by atoms with van der Waals surface area (Å²) in [5, 5.41) is 3.68. The molecule has 0 radical (unpaired) electrons.